The van der Waals surface area contributed by atoms with Crippen LogP contribution in [0.4, 0.5) is 0 Å². The van der Waals surface area contributed by atoms with E-state index in [1.54, 1.807) is 11.3 Å². The van der Waals surface area contributed by atoms with Gasteiger partial charge in [-0.25, -0.2) is 9.59 Å². The number of furan rings is 1. The molecule has 0 spiro atoms. The number of thiophene rings is 1. The third-order valence-corrected chi connectivity index (χ3v) is 4.91. The van der Waals surface area contributed by atoms with Gasteiger partial charge < -0.3 is 24.8 Å². The van der Waals surface area contributed by atoms with Crippen molar-refractivity contribution in [2.75, 3.05) is 0 Å². The molecule has 9 nitrogen and oxygen atoms in total. The van der Waals surface area contributed by atoms with E-state index in [1.165, 1.54) is 4.88 Å². The van der Waals surface area contributed by atoms with Gasteiger partial charge in [0.25, 0.3) is 0 Å². The van der Waals surface area contributed by atoms with Crippen molar-refractivity contribution in [3.63, 3.8) is 0 Å². The second-order valence-electron chi connectivity index (χ2n) is 6.62. The van der Waals surface area contributed by atoms with Crippen LogP contribution in [0.15, 0.2) is 58.5 Å². The molecule has 0 saturated heterocycles. The molecule has 0 aromatic carbocycles. The quantitative estimate of drug-likeness (QED) is 0.387. The summed E-state index contributed by atoms with van der Waals surface area (Å²) < 4.78 is 5.71. The Hall–Kier alpha value is -3.05. The van der Waals surface area contributed by atoms with Gasteiger partial charge in [0.1, 0.15) is 11.5 Å². The number of carboxylic acids is 2. The van der Waals surface area contributed by atoms with Crippen LogP contribution >= 0.6 is 11.3 Å². The summed E-state index contributed by atoms with van der Waals surface area (Å²) in [6, 6.07) is 14.4. The van der Waals surface area contributed by atoms with Gasteiger partial charge in [-0.2, -0.15) is 0 Å². The standard InChI is InChI=1S/C17H18N2OS.C4H6O6/c1-14-7-8-16(20-14)12-19(13-17-6-4-10-21-17)11-15-5-2-3-9-18-15;5-1(3(7)8)2(6)4(9)10/h2-10H,11-13H2,1H3;1-2,5-6H,(H,7,8)(H,9,10)/t;1-,2-/m.1/s1. The Balaban J connectivity index is 0.000000291. The fourth-order valence-electron chi connectivity index (χ4n) is 2.57. The van der Waals surface area contributed by atoms with E-state index in [4.69, 9.17) is 24.8 Å². The molecule has 3 heterocycles. The Kier molecular flexibility index (Phi) is 9.35. The summed E-state index contributed by atoms with van der Waals surface area (Å²) >= 11 is 1.78. The minimum atomic E-state index is -2.27. The largest absolute Gasteiger partial charge is 0.479 e. The maximum atomic E-state index is 9.77. The van der Waals surface area contributed by atoms with Crippen LogP contribution < -0.4 is 0 Å². The van der Waals surface area contributed by atoms with E-state index in [0.717, 1.165) is 36.8 Å². The first kappa shape index (κ1) is 24.2. The normalized spacial score (nSPS) is 12.6. The number of aliphatic carboxylic acids is 2. The van der Waals surface area contributed by atoms with Crippen molar-refractivity contribution in [1.29, 1.82) is 0 Å². The van der Waals surface area contributed by atoms with Gasteiger partial charge >= 0.3 is 11.9 Å². The van der Waals surface area contributed by atoms with Gasteiger partial charge in [-0.1, -0.05) is 12.1 Å². The average molecular weight is 448 g/mol. The van der Waals surface area contributed by atoms with Crippen LogP contribution in [0.5, 0.6) is 0 Å². The summed E-state index contributed by atoms with van der Waals surface area (Å²) in [5.74, 6) is -1.58. The Morgan fingerprint density at radius 3 is 2.19 bits per heavy atom. The highest BCUT2D eigenvalue weighted by Crippen LogP contribution is 2.17. The molecule has 0 bridgehead atoms. The first-order valence-electron chi connectivity index (χ1n) is 9.28. The lowest BCUT2D eigenvalue weighted by atomic mass is 10.2. The summed E-state index contributed by atoms with van der Waals surface area (Å²) in [5, 5.41) is 34.6. The zero-order valence-electron chi connectivity index (χ0n) is 16.8. The molecule has 0 fully saturated rings. The highest BCUT2D eigenvalue weighted by Gasteiger charge is 2.29. The van der Waals surface area contributed by atoms with Crippen molar-refractivity contribution in [2.24, 2.45) is 0 Å². The molecule has 166 valence electrons. The van der Waals surface area contributed by atoms with Gasteiger partial charge in [-0.05, 0) is 42.6 Å². The minimum Gasteiger partial charge on any atom is -0.479 e. The second-order valence-corrected chi connectivity index (χ2v) is 7.66. The lowest BCUT2D eigenvalue weighted by Gasteiger charge is -2.20. The SMILES string of the molecule is Cc1ccc(CN(Cc2ccccn2)Cc2cccs2)o1.O=C(O)[C@H](O)[C@@H](O)C(=O)O. The summed E-state index contributed by atoms with van der Waals surface area (Å²) in [7, 11) is 0. The van der Waals surface area contributed by atoms with Crippen LogP contribution in [0, 0.1) is 6.92 Å². The summed E-state index contributed by atoms with van der Waals surface area (Å²) in [6.45, 7) is 4.50. The van der Waals surface area contributed by atoms with Crippen molar-refractivity contribution in [3.05, 3.63) is 76.1 Å². The molecule has 0 saturated carbocycles. The smallest absolute Gasteiger partial charge is 0.335 e. The van der Waals surface area contributed by atoms with Crippen LogP contribution in [0.1, 0.15) is 22.1 Å². The molecule has 0 aliphatic heterocycles. The van der Waals surface area contributed by atoms with E-state index in [0.29, 0.717) is 0 Å². The van der Waals surface area contributed by atoms with E-state index in [-0.39, 0.29) is 0 Å². The van der Waals surface area contributed by atoms with Crippen molar-refractivity contribution in [3.8, 4) is 0 Å². The number of carbonyl (C=O) groups is 2. The molecule has 0 amide bonds. The molecule has 0 aliphatic rings. The lowest BCUT2D eigenvalue weighted by Crippen LogP contribution is -2.39. The van der Waals surface area contributed by atoms with E-state index >= 15 is 0 Å². The molecule has 3 aromatic rings. The molecular weight excluding hydrogens is 424 g/mol. The van der Waals surface area contributed by atoms with Crippen molar-refractivity contribution >= 4 is 23.3 Å². The first-order chi connectivity index (χ1) is 14.8. The average Bonchev–Trinajstić information content (AvgIpc) is 3.39. The highest BCUT2D eigenvalue weighted by atomic mass is 32.1. The second kappa shape index (κ2) is 12.0. The van der Waals surface area contributed by atoms with Crippen molar-refractivity contribution in [1.82, 2.24) is 9.88 Å². The third kappa shape index (κ3) is 8.30. The Morgan fingerprint density at radius 2 is 1.71 bits per heavy atom. The fourth-order valence-corrected chi connectivity index (χ4v) is 3.32. The van der Waals surface area contributed by atoms with Gasteiger partial charge in [0.15, 0.2) is 12.2 Å². The number of aryl methyl sites for hydroxylation is 1. The number of rotatable bonds is 9. The van der Waals surface area contributed by atoms with E-state index in [9.17, 15) is 9.59 Å². The predicted molar refractivity (Wildman–Crippen MR) is 112 cm³/mol. The Bertz CT molecular complexity index is 926. The zero-order valence-corrected chi connectivity index (χ0v) is 17.6. The molecule has 0 unspecified atom stereocenters. The van der Waals surface area contributed by atoms with Gasteiger partial charge in [0.05, 0.1) is 12.2 Å². The highest BCUT2D eigenvalue weighted by molar-refractivity contribution is 7.09. The first-order valence-corrected chi connectivity index (χ1v) is 10.2. The Labute approximate surface area is 182 Å². The zero-order chi connectivity index (χ0) is 22.8. The summed E-state index contributed by atoms with van der Waals surface area (Å²) in [6.07, 6.45) is -2.69. The van der Waals surface area contributed by atoms with Crippen LogP contribution in [0.25, 0.3) is 0 Å². The molecule has 0 aliphatic carbocycles. The minimum absolute atomic E-state index is 0.794. The predicted octanol–water partition coefficient (Wildman–Crippen LogP) is 2.12. The number of aromatic nitrogens is 1. The summed E-state index contributed by atoms with van der Waals surface area (Å²) in [5.41, 5.74) is 1.08. The molecule has 3 aromatic heterocycles. The Morgan fingerprint density at radius 1 is 1.00 bits per heavy atom. The number of carboxylic acid groups (broad SMARTS) is 2. The molecule has 10 heteroatoms. The van der Waals surface area contributed by atoms with Crippen molar-refractivity contribution < 1.29 is 34.4 Å². The number of aliphatic hydroxyl groups excluding tert-OH is 2. The number of hydrogen-bond acceptors (Lipinski definition) is 8. The fraction of sp³-hybridized carbons (Fsp3) is 0.286. The maximum absolute atomic E-state index is 9.77. The number of pyridine rings is 1. The van der Waals surface area contributed by atoms with Gasteiger partial charge in [-0.15, -0.1) is 11.3 Å². The summed E-state index contributed by atoms with van der Waals surface area (Å²) in [4.78, 5) is 27.7. The van der Waals surface area contributed by atoms with Crippen molar-refractivity contribution in [2.45, 2.75) is 38.8 Å². The van der Waals surface area contributed by atoms with Crippen LogP contribution in [-0.4, -0.2) is 54.5 Å². The number of nitrogens with zero attached hydrogens (tertiary/aromatic N) is 2. The molecule has 2 atom stereocenters. The van der Waals surface area contributed by atoms with Gasteiger partial charge in [0.2, 0.25) is 0 Å². The molecule has 0 radical (unpaired) electrons. The van der Waals surface area contributed by atoms with Gasteiger partial charge in [-0.3, -0.25) is 9.88 Å². The lowest BCUT2D eigenvalue weighted by molar-refractivity contribution is -0.165. The molecule has 4 N–H and O–H groups in total. The monoisotopic (exact) mass is 448 g/mol. The number of hydrogen-bond donors (Lipinski definition) is 4. The van der Waals surface area contributed by atoms with E-state index < -0.39 is 24.1 Å². The van der Waals surface area contributed by atoms with E-state index in [2.05, 4.69) is 39.5 Å². The number of aliphatic hydroxyl groups is 2. The van der Waals surface area contributed by atoms with Crippen LogP contribution in [0.3, 0.4) is 0 Å². The van der Waals surface area contributed by atoms with E-state index in [1.807, 2.05) is 31.3 Å². The molecule has 31 heavy (non-hydrogen) atoms. The maximum Gasteiger partial charge on any atom is 0.335 e. The molecule has 3 rings (SSSR count). The topological polar surface area (TPSA) is 144 Å². The van der Waals surface area contributed by atoms with Crippen LogP contribution in [0.2, 0.25) is 0 Å². The van der Waals surface area contributed by atoms with Gasteiger partial charge in [0, 0.05) is 24.2 Å². The molecular formula is C21H24N2O7S. The van der Waals surface area contributed by atoms with Crippen LogP contribution in [-0.2, 0) is 29.2 Å². The third-order valence-electron chi connectivity index (χ3n) is 4.05.